The van der Waals surface area contributed by atoms with E-state index in [0.29, 0.717) is 49.4 Å². The van der Waals surface area contributed by atoms with Crippen molar-refractivity contribution in [2.75, 3.05) is 44.2 Å². The number of rotatable bonds is 4. The molecule has 30 heavy (non-hydrogen) atoms. The highest BCUT2D eigenvalue weighted by atomic mass is 32.2. The van der Waals surface area contributed by atoms with Gasteiger partial charge >= 0.3 is 0 Å². The Balaban J connectivity index is 1.39. The Morgan fingerprint density at radius 1 is 0.967 bits per heavy atom. The molecular weight excluding hydrogens is 418 g/mol. The lowest BCUT2D eigenvalue weighted by molar-refractivity contribution is -0.120. The van der Waals surface area contributed by atoms with Crippen molar-refractivity contribution in [1.82, 2.24) is 9.21 Å². The summed E-state index contributed by atoms with van der Waals surface area (Å²) in [6, 6.07) is 16.6. The first kappa shape index (κ1) is 21.4. The fourth-order valence-corrected chi connectivity index (χ4v) is 6.45. The molecule has 0 saturated carbocycles. The van der Waals surface area contributed by atoms with Gasteiger partial charge in [0.15, 0.2) is 0 Å². The van der Waals surface area contributed by atoms with Crippen molar-refractivity contribution in [2.24, 2.45) is 0 Å². The highest BCUT2D eigenvalue weighted by molar-refractivity contribution is 8.00. The van der Waals surface area contributed by atoms with Gasteiger partial charge in [0.25, 0.3) is 0 Å². The summed E-state index contributed by atoms with van der Waals surface area (Å²) in [4.78, 5) is 18.6. The second-order valence-corrected chi connectivity index (χ2v) is 11.1. The van der Waals surface area contributed by atoms with Crippen molar-refractivity contribution < 1.29 is 13.2 Å². The highest BCUT2D eigenvalue weighted by Gasteiger charge is 2.30. The second kappa shape index (κ2) is 9.09. The molecular formula is C22H27N3O3S2. The third-order valence-electron chi connectivity index (χ3n) is 5.62. The Hall–Kier alpha value is -1.87. The average molecular weight is 446 g/mol. The average Bonchev–Trinajstić information content (AvgIpc) is 2.93. The zero-order valence-electron chi connectivity index (χ0n) is 17.1. The van der Waals surface area contributed by atoms with Gasteiger partial charge in [-0.05, 0) is 30.7 Å². The quantitative estimate of drug-likeness (QED) is 0.724. The second-order valence-electron chi connectivity index (χ2n) is 7.72. The van der Waals surface area contributed by atoms with Gasteiger partial charge < -0.3 is 4.90 Å². The molecule has 2 aromatic carbocycles. The molecule has 1 unspecified atom stereocenters. The summed E-state index contributed by atoms with van der Waals surface area (Å²) in [5.74, 6) is 0.0801. The molecule has 2 aromatic rings. The summed E-state index contributed by atoms with van der Waals surface area (Å²) >= 11 is 1.82. The number of amides is 1. The smallest absolute Gasteiger partial charge is 0.243 e. The molecule has 0 N–H and O–H groups in total. The predicted octanol–water partition coefficient (Wildman–Crippen LogP) is 2.91. The SMILES string of the molecule is CC1CCN(C(=O)CN2CCN(S(=O)(=O)c3ccccc3)CC2)c2ccccc2S1. The van der Waals surface area contributed by atoms with E-state index in [4.69, 9.17) is 0 Å². The van der Waals surface area contributed by atoms with Gasteiger partial charge in [-0.25, -0.2) is 8.42 Å². The van der Waals surface area contributed by atoms with Gasteiger partial charge in [-0.3, -0.25) is 9.69 Å². The monoisotopic (exact) mass is 445 g/mol. The van der Waals surface area contributed by atoms with Crippen molar-refractivity contribution in [3.63, 3.8) is 0 Å². The van der Waals surface area contributed by atoms with Crippen LogP contribution < -0.4 is 4.90 Å². The van der Waals surface area contributed by atoms with Crippen LogP contribution in [0.25, 0.3) is 0 Å². The van der Waals surface area contributed by atoms with Crippen LogP contribution in [0.4, 0.5) is 5.69 Å². The summed E-state index contributed by atoms with van der Waals surface area (Å²) in [6.07, 6.45) is 0.953. The number of hydrogen-bond acceptors (Lipinski definition) is 5. The number of carbonyl (C=O) groups is 1. The molecule has 1 atom stereocenters. The Morgan fingerprint density at radius 2 is 1.63 bits per heavy atom. The Labute approximate surface area is 182 Å². The van der Waals surface area contributed by atoms with Crippen LogP contribution in [0.1, 0.15) is 13.3 Å². The lowest BCUT2D eigenvalue weighted by Crippen LogP contribution is -2.51. The maximum atomic E-state index is 13.1. The zero-order valence-corrected chi connectivity index (χ0v) is 18.7. The first-order chi connectivity index (χ1) is 14.4. The fourth-order valence-electron chi connectivity index (χ4n) is 3.89. The molecule has 4 rings (SSSR count). The summed E-state index contributed by atoms with van der Waals surface area (Å²) in [5.41, 5.74) is 0.988. The van der Waals surface area contributed by atoms with Crippen LogP contribution >= 0.6 is 11.8 Å². The van der Waals surface area contributed by atoms with Crippen molar-refractivity contribution in [2.45, 2.75) is 28.4 Å². The molecule has 0 spiro atoms. The third-order valence-corrected chi connectivity index (χ3v) is 8.77. The Morgan fingerprint density at radius 3 is 2.37 bits per heavy atom. The largest absolute Gasteiger partial charge is 0.310 e. The van der Waals surface area contributed by atoms with Crippen LogP contribution in [0.5, 0.6) is 0 Å². The summed E-state index contributed by atoms with van der Waals surface area (Å²) < 4.78 is 27.1. The summed E-state index contributed by atoms with van der Waals surface area (Å²) in [7, 11) is -3.48. The summed E-state index contributed by atoms with van der Waals surface area (Å²) in [5, 5.41) is 0.468. The third kappa shape index (κ3) is 4.56. The number of thioether (sulfide) groups is 1. The number of piperazine rings is 1. The van der Waals surface area contributed by atoms with E-state index in [1.54, 1.807) is 24.3 Å². The number of nitrogens with zero attached hydrogens (tertiary/aromatic N) is 3. The van der Waals surface area contributed by atoms with Gasteiger partial charge in [0.05, 0.1) is 17.1 Å². The van der Waals surface area contributed by atoms with E-state index in [1.165, 1.54) is 4.31 Å². The zero-order chi connectivity index (χ0) is 21.1. The lowest BCUT2D eigenvalue weighted by Gasteiger charge is -2.34. The van der Waals surface area contributed by atoms with Gasteiger partial charge in [0.1, 0.15) is 0 Å². The Bertz CT molecular complexity index is 990. The van der Waals surface area contributed by atoms with E-state index in [2.05, 4.69) is 17.9 Å². The van der Waals surface area contributed by atoms with Crippen molar-refractivity contribution >= 4 is 33.4 Å². The van der Waals surface area contributed by atoms with Crippen molar-refractivity contribution in [1.29, 1.82) is 0 Å². The van der Waals surface area contributed by atoms with Crippen LogP contribution in [0.15, 0.2) is 64.4 Å². The molecule has 1 saturated heterocycles. The van der Waals surface area contributed by atoms with Gasteiger partial charge in [0.2, 0.25) is 15.9 Å². The maximum absolute atomic E-state index is 13.1. The van der Waals surface area contributed by atoms with Gasteiger partial charge in [0, 0.05) is 42.9 Å². The summed E-state index contributed by atoms with van der Waals surface area (Å²) in [6.45, 7) is 5.12. The molecule has 0 radical (unpaired) electrons. The normalized spacial score (nSPS) is 21.1. The molecule has 6 nitrogen and oxygen atoms in total. The lowest BCUT2D eigenvalue weighted by atomic mass is 10.2. The van der Waals surface area contributed by atoms with Crippen LogP contribution in [0.2, 0.25) is 0 Å². The molecule has 0 aromatic heterocycles. The molecule has 2 aliphatic rings. The van der Waals surface area contributed by atoms with E-state index in [0.717, 1.165) is 17.0 Å². The van der Waals surface area contributed by atoms with Crippen LogP contribution in [0, 0.1) is 0 Å². The number of para-hydroxylation sites is 1. The topological polar surface area (TPSA) is 60.9 Å². The molecule has 2 aliphatic heterocycles. The van der Waals surface area contributed by atoms with E-state index in [1.807, 2.05) is 40.9 Å². The number of benzene rings is 2. The van der Waals surface area contributed by atoms with E-state index in [-0.39, 0.29) is 5.91 Å². The minimum Gasteiger partial charge on any atom is -0.310 e. The first-order valence-corrected chi connectivity index (χ1v) is 12.6. The number of sulfonamides is 1. The molecule has 1 fully saturated rings. The first-order valence-electron chi connectivity index (χ1n) is 10.3. The molecule has 2 heterocycles. The molecule has 1 amide bonds. The minimum atomic E-state index is -3.48. The van der Waals surface area contributed by atoms with Crippen LogP contribution in [0.3, 0.4) is 0 Å². The van der Waals surface area contributed by atoms with Gasteiger partial charge in [-0.15, -0.1) is 11.8 Å². The highest BCUT2D eigenvalue weighted by Crippen LogP contribution is 2.37. The Kier molecular flexibility index (Phi) is 6.48. The standard InChI is InChI=1S/C22H27N3O3S2/c1-18-11-12-25(20-9-5-6-10-21(20)29-18)22(26)17-23-13-15-24(16-14-23)30(27,28)19-7-3-2-4-8-19/h2-10,18H,11-17H2,1H3. The van der Waals surface area contributed by atoms with Crippen LogP contribution in [-0.2, 0) is 14.8 Å². The molecule has 8 heteroatoms. The number of anilines is 1. The predicted molar refractivity (Wildman–Crippen MR) is 120 cm³/mol. The number of hydrogen-bond donors (Lipinski definition) is 0. The van der Waals surface area contributed by atoms with Crippen molar-refractivity contribution in [3.05, 3.63) is 54.6 Å². The maximum Gasteiger partial charge on any atom is 0.243 e. The fraction of sp³-hybridized carbons (Fsp3) is 0.409. The molecule has 0 bridgehead atoms. The minimum absolute atomic E-state index is 0.0801. The molecule has 160 valence electrons. The van der Waals surface area contributed by atoms with E-state index < -0.39 is 10.0 Å². The van der Waals surface area contributed by atoms with E-state index in [9.17, 15) is 13.2 Å². The number of carbonyl (C=O) groups excluding carboxylic acids is 1. The van der Waals surface area contributed by atoms with Crippen LogP contribution in [-0.4, -0.2) is 68.0 Å². The van der Waals surface area contributed by atoms with Gasteiger partial charge in [-0.1, -0.05) is 37.3 Å². The molecule has 0 aliphatic carbocycles. The van der Waals surface area contributed by atoms with Crippen molar-refractivity contribution in [3.8, 4) is 0 Å². The van der Waals surface area contributed by atoms with E-state index >= 15 is 0 Å². The number of fused-ring (bicyclic) bond motifs is 1. The van der Waals surface area contributed by atoms with Gasteiger partial charge in [-0.2, -0.15) is 4.31 Å².